The van der Waals surface area contributed by atoms with Gasteiger partial charge in [-0.2, -0.15) is 0 Å². The monoisotopic (exact) mass is 387 g/mol. The van der Waals surface area contributed by atoms with E-state index in [1.807, 2.05) is 29.6 Å². The van der Waals surface area contributed by atoms with Crippen molar-refractivity contribution in [3.8, 4) is 11.3 Å². The summed E-state index contributed by atoms with van der Waals surface area (Å²) in [6.45, 7) is 1.44. The minimum atomic E-state index is -0.242. The van der Waals surface area contributed by atoms with Crippen molar-refractivity contribution in [1.29, 1.82) is 0 Å². The maximum Gasteiger partial charge on any atom is 0.257 e. The zero-order valence-electron chi connectivity index (χ0n) is 15.1. The number of nitrogens with one attached hydrogen (secondary N) is 2. The Kier molecular flexibility index (Phi) is 4.87. The lowest BCUT2D eigenvalue weighted by Crippen LogP contribution is -2.12. The summed E-state index contributed by atoms with van der Waals surface area (Å²) in [5, 5.41) is 10.3. The average Bonchev–Trinajstić information content (AvgIpc) is 3.16. The molecular weight excluding hydrogens is 370 g/mol. The van der Waals surface area contributed by atoms with Crippen molar-refractivity contribution in [2.75, 3.05) is 10.6 Å². The summed E-state index contributed by atoms with van der Waals surface area (Å²) in [5.74, 6) is -0.394. The van der Waals surface area contributed by atoms with Gasteiger partial charge in [0, 0.05) is 29.1 Å². The zero-order chi connectivity index (χ0) is 19.5. The predicted octanol–water partition coefficient (Wildman–Crippen LogP) is 5.17. The summed E-state index contributed by atoms with van der Waals surface area (Å²) in [5.41, 5.74) is 3.01. The van der Waals surface area contributed by atoms with Crippen LogP contribution < -0.4 is 10.6 Å². The Bertz CT molecular complexity index is 1160. The van der Waals surface area contributed by atoms with Crippen LogP contribution in [0.15, 0.2) is 72.1 Å². The molecule has 28 heavy (non-hydrogen) atoms. The summed E-state index contributed by atoms with van der Waals surface area (Å²) in [6, 6.07) is 21.0. The molecule has 3 aromatic carbocycles. The highest BCUT2D eigenvalue weighted by molar-refractivity contribution is 7.14. The van der Waals surface area contributed by atoms with Gasteiger partial charge in [-0.15, -0.1) is 11.3 Å². The van der Waals surface area contributed by atoms with E-state index in [2.05, 4.69) is 33.8 Å². The van der Waals surface area contributed by atoms with Gasteiger partial charge in [0.1, 0.15) is 0 Å². The van der Waals surface area contributed by atoms with Gasteiger partial charge in [-0.1, -0.05) is 42.5 Å². The van der Waals surface area contributed by atoms with Crippen molar-refractivity contribution in [3.63, 3.8) is 0 Å². The smallest absolute Gasteiger partial charge is 0.257 e. The Hall–Kier alpha value is -3.51. The van der Waals surface area contributed by atoms with Gasteiger partial charge < -0.3 is 5.32 Å². The third-order valence-electron chi connectivity index (χ3n) is 4.26. The van der Waals surface area contributed by atoms with E-state index in [4.69, 9.17) is 0 Å². The number of hydrogen-bond acceptors (Lipinski definition) is 4. The quantitative estimate of drug-likeness (QED) is 0.507. The number of aromatic nitrogens is 1. The highest BCUT2D eigenvalue weighted by Crippen LogP contribution is 2.31. The molecule has 0 bridgehead atoms. The first-order valence-corrected chi connectivity index (χ1v) is 9.61. The fourth-order valence-corrected chi connectivity index (χ4v) is 3.69. The molecule has 0 unspecified atom stereocenters. The molecule has 1 aromatic heterocycles. The van der Waals surface area contributed by atoms with Gasteiger partial charge in [0.25, 0.3) is 5.91 Å². The Balaban J connectivity index is 1.53. The average molecular weight is 387 g/mol. The van der Waals surface area contributed by atoms with Crippen LogP contribution in [0.25, 0.3) is 22.0 Å². The van der Waals surface area contributed by atoms with Crippen LogP contribution in [0, 0.1) is 0 Å². The van der Waals surface area contributed by atoms with Crippen molar-refractivity contribution >= 4 is 44.7 Å². The van der Waals surface area contributed by atoms with Gasteiger partial charge in [0.15, 0.2) is 5.13 Å². The minimum Gasteiger partial charge on any atom is -0.326 e. The number of nitrogens with zero attached hydrogens (tertiary/aromatic N) is 1. The van der Waals surface area contributed by atoms with Crippen LogP contribution in [0.3, 0.4) is 0 Å². The molecule has 1 heterocycles. The molecule has 0 saturated carbocycles. The summed E-state index contributed by atoms with van der Waals surface area (Å²) in [7, 11) is 0. The first kappa shape index (κ1) is 17.9. The van der Waals surface area contributed by atoms with E-state index in [1.54, 1.807) is 24.3 Å². The van der Waals surface area contributed by atoms with E-state index < -0.39 is 0 Å². The van der Waals surface area contributed by atoms with Crippen LogP contribution in [-0.2, 0) is 4.79 Å². The molecule has 5 nitrogen and oxygen atoms in total. The lowest BCUT2D eigenvalue weighted by atomic mass is 10.0. The molecule has 4 rings (SSSR count). The molecule has 0 aliphatic heterocycles. The second-order valence-electron chi connectivity index (χ2n) is 6.28. The molecule has 0 fully saturated rings. The normalized spacial score (nSPS) is 10.6. The largest absolute Gasteiger partial charge is 0.326 e. The minimum absolute atomic E-state index is 0.152. The number of hydrogen-bond donors (Lipinski definition) is 2. The standard InChI is InChI=1S/C22H17N3O2S/c1-14(26)23-17-11-9-16(10-12-17)21(27)25-22-24-20(13-28-22)19-8-4-6-15-5-2-3-7-18(15)19/h2-13H,1H3,(H,23,26)(H,24,25,27). The van der Waals surface area contributed by atoms with Crippen molar-refractivity contribution in [2.45, 2.75) is 6.92 Å². The molecule has 2 amide bonds. The highest BCUT2D eigenvalue weighted by atomic mass is 32.1. The number of benzene rings is 3. The second kappa shape index (κ2) is 7.62. The van der Waals surface area contributed by atoms with Crippen LogP contribution in [0.2, 0.25) is 0 Å². The second-order valence-corrected chi connectivity index (χ2v) is 7.14. The topological polar surface area (TPSA) is 71.1 Å². The van der Waals surface area contributed by atoms with E-state index in [0.717, 1.165) is 22.0 Å². The van der Waals surface area contributed by atoms with Crippen LogP contribution in [0.1, 0.15) is 17.3 Å². The summed E-state index contributed by atoms with van der Waals surface area (Å²) in [6.07, 6.45) is 0. The molecule has 0 spiro atoms. The molecule has 0 aliphatic rings. The SMILES string of the molecule is CC(=O)Nc1ccc(C(=O)Nc2nc(-c3cccc4ccccc34)cs2)cc1. The Morgan fingerprint density at radius 1 is 0.893 bits per heavy atom. The maximum absolute atomic E-state index is 12.5. The third-order valence-corrected chi connectivity index (χ3v) is 5.02. The van der Waals surface area contributed by atoms with Gasteiger partial charge in [-0.25, -0.2) is 4.98 Å². The van der Waals surface area contributed by atoms with Crippen LogP contribution in [0.4, 0.5) is 10.8 Å². The van der Waals surface area contributed by atoms with E-state index >= 15 is 0 Å². The van der Waals surface area contributed by atoms with Gasteiger partial charge in [-0.3, -0.25) is 14.9 Å². The molecule has 138 valence electrons. The van der Waals surface area contributed by atoms with Gasteiger partial charge >= 0.3 is 0 Å². The molecule has 0 saturated heterocycles. The maximum atomic E-state index is 12.5. The van der Waals surface area contributed by atoms with Crippen LogP contribution >= 0.6 is 11.3 Å². The van der Waals surface area contributed by atoms with Crippen molar-refractivity contribution in [2.24, 2.45) is 0 Å². The number of amides is 2. The van der Waals surface area contributed by atoms with Gasteiger partial charge in [-0.05, 0) is 35.0 Å². The summed E-state index contributed by atoms with van der Waals surface area (Å²) < 4.78 is 0. The Labute approximate surface area is 166 Å². The number of anilines is 2. The van der Waals surface area contributed by atoms with Gasteiger partial charge in [0.2, 0.25) is 5.91 Å². The zero-order valence-corrected chi connectivity index (χ0v) is 15.9. The van der Waals surface area contributed by atoms with Crippen LogP contribution in [0.5, 0.6) is 0 Å². The fourth-order valence-electron chi connectivity index (χ4n) is 2.98. The number of fused-ring (bicyclic) bond motifs is 1. The third kappa shape index (κ3) is 3.77. The first-order chi connectivity index (χ1) is 13.6. The number of rotatable bonds is 4. The van der Waals surface area contributed by atoms with E-state index in [1.165, 1.54) is 18.3 Å². The lowest BCUT2D eigenvalue weighted by Gasteiger charge is -2.05. The van der Waals surface area contributed by atoms with E-state index in [0.29, 0.717) is 16.4 Å². The number of carbonyl (C=O) groups excluding carboxylic acids is 2. The molecule has 0 aliphatic carbocycles. The van der Waals surface area contributed by atoms with Crippen molar-refractivity contribution in [1.82, 2.24) is 4.98 Å². The highest BCUT2D eigenvalue weighted by Gasteiger charge is 2.12. The van der Waals surface area contributed by atoms with Crippen LogP contribution in [-0.4, -0.2) is 16.8 Å². The summed E-state index contributed by atoms with van der Waals surface area (Å²) >= 11 is 1.39. The molecule has 6 heteroatoms. The Morgan fingerprint density at radius 3 is 2.43 bits per heavy atom. The molecule has 0 radical (unpaired) electrons. The molecule has 0 atom stereocenters. The van der Waals surface area contributed by atoms with Gasteiger partial charge in [0.05, 0.1) is 5.69 Å². The molecule has 2 N–H and O–H groups in total. The fraction of sp³-hybridized carbons (Fsp3) is 0.0455. The number of thiazole rings is 1. The lowest BCUT2D eigenvalue weighted by molar-refractivity contribution is -0.114. The number of carbonyl (C=O) groups is 2. The predicted molar refractivity (Wildman–Crippen MR) is 114 cm³/mol. The first-order valence-electron chi connectivity index (χ1n) is 8.73. The van der Waals surface area contributed by atoms with E-state index in [-0.39, 0.29) is 11.8 Å². The van der Waals surface area contributed by atoms with E-state index in [9.17, 15) is 9.59 Å². The summed E-state index contributed by atoms with van der Waals surface area (Å²) in [4.78, 5) is 28.1. The molecule has 4 aromatic rings. The van der Waals surface area contributed by atoms with Crippen molar-refractivity contribution in [3.05, 3.63) is 77.7 Å². The van der Waals surface area contributed by atoms with Crippen molar-refractivity contribution < 1.29 is 9.59 Å². The Morgan fingerprint density at radius 2 is 1.64 bits per heavy atom. The molecular formula is C22H17N3O2S.